The highest BCUT2D eigenvalue weighted by molar-refractivity contribution is 5.92. The average Bonchev–Trinajstić information content (AvgIpc) is 3.08. The van der Waals surface area contributed by atoms with Gasteiger partial charge < -0.3 is 9.32 Å². The fraction of sp³-hybridized carbons (Fsp3) is 0.300. The van der Waals surface area contributed by atoms with Crippen LogP contribution >= 0.6 is 0 Å². The summed E-state index contributed by atoms with van der Waals surface area (Å²) in [5.41, 5.74) is 3.20. The number of carbonyl (C=O) groups is 1. The van der Waals surface area contributed by atoms with Crippen molar-refractivity contribution in [2.75, 3.05) is 26.2 Å². The number of aromatic nitrogens is 1. The van der Waals surface area contributed by atoms with Crippen molar-refractivity contribution in [2.24, 2.45) is 0 Å². The highest BCUT2D eigenvalue weighted by Gasteiger charge is 2.25. The molecule has 1 aliphatic rings. The second-order valence-corrected chi connectivity index (χ2v) is 6.49. The lowest BCUT2D eigenvalue weighted by Crippen LogP contribution is -2.48. The molecule has 0 unspecified atom stereocenters. The summed E-state index contributed by atoms with van der Waals surface area (Å²) in [6.07, 6.45) is 3.42. The van der Waals surface area contributed by atoms with Crippen molar-refractivity contribution in [1.29, 1.82) is 0 Å². The Kier molecular flexibility index (Phi) is 4.24. The van der Waals surface area contributed by atoms with Gasteiger partial charge in [-0.15, -0.1) is 0 Å². The van der Waals surface area contributed by atoms with Crippen molar-refractivity contribution < 1.29 is 9.21 Å². The SMILES string of the molecule is Cc1ccoc1C(=O)N1CCN(Cc2cccc3cccnc23)CC1. The van der Waals surface area contributed by atoms with Crippen LogP contribution in [0.2, 0.25) is 0 Å². The molecule has 1 saturated heterocycles. The van der Waals surface area contributed by atoms with E-state index in [-0.39, 0.29) is 5.91 Å². The van der Waals surface area contributed by atoms with E-state index in [1.54, 1.807) is 6.26 Å². The number of aryl methyl sites for hydroxylation is 1. The van der Waals surface area contributed by atoms with Gasteiger partial charge in [0.25, 0.3) is 5.91 Å². The topological polar surface area (TPSA) is 49.6 Å². The molecule has 0 radical (unpaired) electrons. The van der Waals surface area contributed by atoms with Crippen molar-refractivity contribution >= 4 is 16.8 Å². The number of para-hydroxylation sites is 1. The van der Waals surface area contributed by atoms with Crippen molar-refractivity contribution in [3.63, 3.8) is 0 Å². The highest BCUT2D eigenvalue weighted by atomic mass is 16.3. The third kappa shape index (κ3) is 3.15. The van der Waals surface area contributed by atoms with Crippen LogP contribution in [-0.4, -0.2) is 46.9 Å². The first kappa shape index (κ1) is 15.8. The first-order valence-electron chi connectivity index (χ1n) is 8.61. The van der Waals surface area contributed by atoms with E-state index in [1.165, 1.54) is 10.9 Å². The van der Waals surface area contributed by atoms with Gasteiger partial charge in [0.05, 0.1) is 11.8 Å². The zero-order valence-electron chi connectivity index (χ0n) is 14.3. The van der Waals surface area contributed by atoms with E-state index in [1.807, 2.05) is 30.2 Å². The van der Waals surface area contributed by atoms with Gasteiger partial charge in [0.2, 0.25) is 0 Å². The Morgan fingerprint density at radius 1 is 1.12 bits per heavy atom. The molecule has 4 rings (SSSR count). The lowest BCUT2D eigenvalue weighted by molar-refractivity contribution is 0.0597. The minimum absolute atomic E-state index is 0.00558. The van der Waals surface area contributed by atoms with E-state index in [4.69, 9.17) is 4.42 Å². The Labute approximate surface area is 146 Å². The molecule has 128 valence electrons. The van der Waals surface area contributed by atoms with Crippen LogP contribution in [0.15, 0.2) is 53.3 Å². The van der Waals surface area contributed by atoms with Crippen molar-refractivity contribution in [2.45, 2.75) is 13.5 Å². The quantitative estimate of drug-likeness (QED) is 0.738. The Morgan fingerprint density at radius 2 is 1.92 bits per heavy atom. The highest BCUT2D eigenvalue weighted by Crippen LogP contribution is 2.19. The maximum absolute atomic E-state index is 12.5. The van der Waals surface area contributed by atoms with Gasteiger partial charge in [0.15, 0.2) is 5.76 Å². The number of furan rings is 1. The van der Waals surface area contributed by atoms with E-state index in [9.17, 15) is 4.79 Å². The summed E-state index contributed by atoms with van der Waals surface area (Å²) in [6, 6.07) is 12.2. The molecular weight excluding hydrogens is 314 g/mol. The molecule has 1 aromatic carbocycles. The van der Waals surface area contributed by atoms with E-state index >= 15 is 0 Å². The molecule has 3 aromatic rings. The predicted octanol–water partition coefficient (Wildman–Crippen LogP) is 3.09. The van der Waals surface area contributed by atoms with Gasteiger partial charge in [-0.3, -0.25) is 14.7 Å². The monoisotopic (exact) mass is 335 g/mol. The summed E-state index contributed by atoms with van der Waals surface area (Å²) in [5.74, 6) is 0.459. The van der Waals surface area contributed by atoms with E-state index < -0.39 is 0 Å². The van der Waals surface area contributed by atoms with Crippen molar-refractivity contribution in [3.8, 4) is 0 Å². The molecule has 2 aromatic heterocycles. The third-order valence-electron chi connectivity index (χ3n) is 4.83. The van der Waals surface area contributed by atoms with E-state index in [2.05, 4.69) is 34.1 Å². The second-order valence-electron chi connectivity index (χ2n) is 6.49. The zero-order chi connectivity index (χ0) is 17.2. The van der Waals surface area contributed by atoms with E-state index in [0.717, 1.165) is 43.8 Å². The molecule has 0 N–H and O–H groups in total. The minimum Gasteiger partial charge on any atom is -0.459 e. The number of carbonyl (C=O) groups excluding carboxylic acids is 1. The number of piperazine rings is 1. The standard InChI is InChI=1S/C20H21N3O2/c1-15-7-13-25-19(15)20(24)23-11-9-22(10-12-23)14-17-5-2-4-16-6-3-8-21-18(16)17/h2-8,13H,9-12,14H2,1H3. The summed E-state index contributed by atoms with van der Waals surface area (Å²) in [5, 5.41) is 1.17. The number of fused-ring (bicyclic) bond motifs is 1. The van der Waals surface area contributed by atoms with Gasteiger partial charge in [0, 0.05) is 49.9 Å². The fourth-order valence-electron chi connectivity index (χ4n) is 3.38. The normalized spacial score (nSPS) is 15.6. The van der Waals surface area contributed by atoms with Crippen LogP contribution in [-0.2, 0) is 6.54 Å². The lowest BCUT2D eigenvalue weighted by atomic mass is 10.1. The van der Waals surface area contributed by atoms with Crippen LogP contribution in [0, 0.1) is 6.92 Å². The van der Waals surface area contributed by atoms with Crippen LogP contribution < -0.4 is 0 Å². The number of benzene rings is 1. The summed E-state index contributed by atoms with van der Waals surface area (Å²) in [6.45, 7) is 5.91. The van der Waals surface area contributed by atoms with Crippen LogP contribution in [0.4, 0.5) is 0 Å². The maximum Gasteiger partial charge on any atom is 0.289 e. The number of pyridine rings is 1. The summed E-state index contributed by atoms with van der Waals surface area (Å²) in [4.78, 5) is 21.3. The number of amides is 1. The van der Waals surface area contributed by atoms with Crippen LogP contribution in [0.25, 0.3) is 10.9 Å². The summed E-state index contributed by atoms with van der Waals surface area (Å²) >= 11 is 0. The molecule has 1 amide bonds. The minimum atomic E-state index is -0.00558. The summed E-state index contributed by atoms with van der Waals surface area (Å²) in [7, 11) is 0. The Bertz CT molecular complexity index is 889. The molecular formula is C20H21N3O2. The van der Waals surface area contributed by atoms with Crippen LogP contribution in [0.1, 0.15) is 21.7 Å². The molecule has 0 saturated carbocycles. The Morgan fingerprint density at radius 3 is 2.68 bits per heavy atom. The molecule has 0 atom stereocenters. The maximum atomic E-state index is 12.5. The van der Waals surface area contributed by atoms with Gasteiger partial charge in [0.1, 0.15) is 0 Å². The molecule has 25 heavy (non-hydrogen) atoms. The molecule has 5 heteroatoms. The van der Waals surface area contributed by atoms with Gasteiger partial charge in [-0.05, 0) is 24.6 Å². The van der Waals surface area contributed by atoms with Crippen LogP contribution in [0.5, 0.6) is 0 Å². The smallest absolute Gasteiger partial charge is 0.289 e. The van der Waals surface area contributed by atoms with Crippen molar-refractivity contribution in [3.05, 3.63) is 65.7 Å². The average molecular weight is 335 g/mol. The largest absolute Gasteiger partial charge is 0.459 e. The molecule has 0 aliphatic carbocycles. The number of hydrogen-bond donors (Lipinski definition) is 0. The second kappa shape index (κ2) is 6.69. The molecule has 1 aliphatic heterocycles. The van der Waals surface area contributed by atoms with Crippen LogP contribution in [0.3, 0.4) is 0 Å². The lowest BCUT2D eigenvalue weighted by Gasteiger charge is -2.34. The van der Waals surface area contributed by atoms with Gasteiger partial charge >= 0.3 is 0 Å². The number of hydrogen-bond acceptors (Lipinski definition) is 4. The summed E-state index contributed by atoms with van der Waals surface area (Å²) < 4.78 is 5.34. The van der Waals surface area contributed by atoms with Gasteiger partial charge in [-0.1, -0.05) is 24.3 Å². The van der Waals surface area contributed by atoms with Crippen molar-refractivity contribution in [1.82, 2.24) is 14.8 Å². The molecule has 0 spiro atoms. The van der Waals surface area contributed by atoms with E-state index in [0.29, 0.717) is 5.76 Å². The Hall–Kier alpha value is -2.66. The van der Waals surface area contributed by atoms with Gasteiger partial charge in [-0.25, -0.2) is 0 Å². The fourth-order valence-corrected chi connectivity index (χ4v) is 3.38. The predicted molar refractivity (Wildman–Crippen MR) is 96.4 cm³/mol. The Balaban J connectivity index is 1.42. The number of rotatable bonds is 3. The first-order chi connectivity index (χ1) is 12.2. The molecule has 0 bridgehead atoms. The molecule has 5 nitrogen and oxygen atoms in total. The first-order valence-corrected chi connectivity index (χ1v) is 8.61. The number of nitrogens with zero attached hydrogens (tertiary/aromatic N) is 3. The molecule has 3 heterocycles. The van der Waals surface area contributed by atoms with Gasteiger partial charge in [-0.2, -0.15) is 0 Å². The third-order valence-corrected chi connectivity index (χ3v) is 4.83. The molecule has 1 fully saturated rings. The zero-order valence-corrected chi connectivity index (χ0v) is 14.3.